The van der Waals surface area contributed by atoms with Gasteiger partial charge in [-0.15, -0.1) is 0 Å². The number of rotatable bonds is 5. The summed E-state index contributed by atoms with van der Waals surface area (Å²) in [5.74, 6) is 0. The third kappa shape index (κ3) is 3.54. The molecule has 0 saturated carbocycles. The summed E-state index contributed by atoms with van der Waals surface area (Å²) >= 11 is 0. The van der Waals surface area contributed by atoms with Crippen LogP contribution in [-0.2, 0) is 11.3 Å². The van der Waals surface area contributed by atoms with E-state index < -0.39 is 0 Å². The van der Waals surface area contributed by atoms with Crippen LogP contribution in [0.1, 0.15) is 18.9 Å². The molecule has 5 nitrogen and oxygen atoms in total. The Balaban J connectivity index is 1.65. The van der Waals surface area contributed by atoms with E-state index in [9.17, 15) is 0 Å². The Hall–Kier alpha value is -1.17. The number of hydrogen-bond acceptors (Lipinski definition) is 5. The van der Waals surface area contributed by atoms with Gasteiger partial charge in [0, 0.05) is 45.0 Å². The lowest BCUT2D eigenvalue weighted by Gasteiger charge is -2.32. The first-order valence-corrected chi connectivity index (χ1v) is 8.09. The van der Waals surface area contributed by atoms with E-state index >= 15 is 0 Å². The Labute approximate surface area is 127 Å². The highest BCUT2D eigenvalue weighted by Crippen LogP contribution is 2.26. The first kappa shape index (κ1) is 14.8. The van der Waals surface area contributed by atoms with Gasteiger partial charge in [0.1, 0.15) is 0 Å². The molecule has 2 saturated heterocycles. The summed E-state index contributed by atoms with van der Waals surface area (Å²) in [6, 6.07) is 2.81. The van der Waals surface area contributed by atoms with Gasteiger partial charge < -0.3 is 15.0 Å². The Kier molecular flexibility index (Phi) is 5.06. The predicted molar refractivity (Wildman–Crippen MR) is 84.6 cm³/mol. The van der Waals surface area contributed by atoms with Gasteiger partial charge in [0.2, 0.25) is 0 Å². The maximum absolute atomic E-state index is 5.46. The predicted octanol–water partition coefficient (Wildman–Crippen LogP) is 1.10. The normalized spacial score (nSPS) is 23.7. The molecule has 3 heterocycles. The molecule has 2 aliphatic heterocycles. The number of anilines is 1. The lowest BCUT2D eigenvalue weighted by atomic mass is 10.2. The van der Waals surface area contributed by atoms with Crippen LogP contribution in [0.2, 0.25) is 0 Å². The van der Waals surface area contributed by atoms with E-state index in [4.69, 9.17) is 4.74 Å². The summed E-state index contributed by atoms with van der Waals surface area (Å²) in [6.45, 7) is 10.2. The summed E-state index contributed by atoms with van der Waals surface area (Å²) in [4.78, 5) is 9.42. The molecule has 0 bridgehead atoms. The molecule has 0 spiro atoms. The lowest BCUT2D eigenvalue weighted by Crippen LogP contribution is -2.44. The second-order valence-electron chi connectivity index (χ2n) is 5.82. The van der Waals surface area contributed by atoms with Crippen molar-refractivity contribution in [2.45, 2.75) is 25.9 Å². The Morgan fingerprint density at radius 1 is 1.33 bits per heavy atom. The molecule has 5 heteroatoms. The molecule has 2 aliphatic rings. The lowest BCUT2D eigenvalue weighted by molar-refractivity contribution is 0.0209. The van der Waals surface area contributed by atoms with Gasteiger partial charge in [-0.1, -0.05) is 6.92 Å². The minimum atomic E-state index is 0.668. The second kappa shape index (κ2) is 7.20. The molecule has 0 aliphatic carbocycles. The van der Waals surface area contributed by atoms with Crippen LogP contribution >= 0.6 is 0 Å². The largest absolute Gasteiger partial charge is 0.379 e. The zero-order valence-corrected chi connectivity index (χ0v) is 12.9. The first-order valence-electron chi connectivity index (χ1n) is 8.09. The number of ether oxygens (including phenoxy) is 1. The third-order valence-electron chi connectivity index (χ3n) is 4.52. The van der Waals surface area contributed by atoms with Crippen molar-refractivity contribution in [1.82, 2.24) is 15.2 Å². The monoisotopic (exact) mass is 290 g/mol. The summed E-state index contributed by atoms with van der Waals surface area (Å²) in [5.41, 5.74) is 2.66. The molecule has 21 heavy (non-hydrogen) atoms. The van der Waals surface area contributed by atoms with Gasteiger partial charge >= 0.3 is 0 Å². The molecule has 0 aromatic carbocycles. The maximum atomic E-state index is 5.46. The van der Waals surface area contributed by atoms with Crippen molar-refractivity contribution in [2.24, 2.45) is 0 Å². The summed E-state index contributed by atoms with van der Waals surface area (Å²) in [5, 5.41) is 3.42. The number of morpholine rings is 1. The van der Waals surface area contributed by atoms with E-state index in [0.29, 0.717) is 6.04 Å². The van der Waals surface area contributed by atoms with Crippen molar-refractivity contribution in [3.63, 3.8) is 0 Å². The van der Waals surface area contributed by atoms with E-state index in [1.54, 1.807) is 0 Å². The van der Waals surface area contributed by atoms with Crippen LogP contribution in [0, 0.1) is 0 Å². The van der Waals surface area contributed by atoms with Crippen LogP contribution in [0.25, 0.3) is 0 Å². The van der Waals surface area contributed by atoms with Gasteiger partial charge in [0.15, 0.2) is 0 Å². The van der Waals surface area contributed by atoms with Crippen molar-refractivity contribution < 1.29 is 4.74 Å². The number of aromatic nitrogens is 1. The average Bonchev–Trinajstić information content (AvgIpc) is 3.04. The molecule has 3 rings (SSSR count). The van der Waals surface area contributed by atoms with Gasteiger partial charge in [-0.25, -0.2) is 0 Å². The highest BCUT2D eigenvalue weighted by atomic mass is 16.5. The van der Waals surface area contributed by atoms with Crippen LogP contribution in [0.5, 0.6) is 0 Å². The number of hydrogen-bond donors (Lipinski definition) is 1. The van der Waals surface area contributed by atoms with Crippen molar-refractivity contribution in [2.75, 3.05) is 50.8 Å². The average molecular weight is 290 g/mol. The molecule has 1 N–H and O–H groups in total. The SMILES string of the molecule is CCNCc1ccncc1N1CCC(N2CCOCC2)C1. The highest BCUT2D eigenvalue weighted by Gasteiger charge is 2.29. The number of nitrogens with one attached hydrogen (secondary N) is 1. The third-order valence-corrected chi connectivity index (χ3v) is 4.52. The fourth-order valence-electron chi connectivity index (χ4n) is 3.31. The van der Waals surface area contributed by atoms with Gasteiger partial charge in [-0.3, -0.25) is 9.88 Å². The van der Waals surface area contributed by atoms with E-state index in [1.165, 1.54) is 17.7 Å². The minimum absolute atomic E-state index is 0.668. The topological polar surface area (TPSA) is 40.6 Å². The summed E-state index contributed by atoms with van der Waals surface area (Å²) in [6.07, 6.45) is 5.16. The van der Waals surface area contributed by atoms with Crippen LogP contribution < -0.4 is 10.2 Å². The zero-order chi connectivity index (χ0) is 14.5. The molecule has 0 radical (unpaired) electrons. The maximum Gasteiger partial charge on any atom is 0.0598 e. The van der Waals surface area contributed by atoms with Crippen LogP contribution in [0.4, 0.5) is 5.69 Å². The van der Waals surface area contributed by atoms with Gasteiger partial charge in [0.25, 0.3) is 0 Å². The standard InChI is InChI=1S/C16H26N4O/c1-2-17-11-14-3-5-18-12-16(14)20-6-4-15(13-20)19-7-9-21-10-8-19/h3,5,12,15,17H,2,4,6-11,13H2,1H3. The number of nitrogens with zero attached hydrogens (tertiary/aromatic N) is 3. The second-order valence-corrected chi connectivity index (χ2v) is 5.82. The molecule has 1 atom stereocenters. The van der Waals surface area contributed by atoms with Crippen molar-refractivity contribution in [1.29, 1.82) is 0 Å². The van der Waals surface area contributed by atoms with E-state index in [1.807, 2.05) is 12.4 Å². The Morgan fingerprint density at radius 3 is 3.00 bits per heavy atom. The fourth-order valence-corrected chi connectivity index (χ4v) is 3.31. The molecule has 1 unspecified atom stereocenters. The fraction of sp³-hybridized carbons (Fsp3) is 0.688. The molecule has 1 aromatic heterocycles. The molecular formula is C16H26N4O. The van der Waals surface area contributed by atoms with Gasteiger partial charge in [-0.2, -0.15) is 0 Å². The van der Waals surface area contributed by atoms with Crippen molar-refractivity contribution in [3.05, 3.63) is 24.0 Å². The van der Waals surface area contributed by atoms with Crippen LogP contribution in [0.3, 0.4) is 0 Å². The van der Waals surface area contributed by atoms with Crippen LogP contribution in [0.15, 0.2) is 18.5 Å². The van der Waals surface area contributed by atoms with Crippen molar-refractivity contribution in [3.8, 4) is 0 Å². The van der Waals surface area contributed by atoms with Gasteiger partial charge in [0.05, 0.1) is 25.1 Å². The molecule has 2 fully saturated rings. The Morgan fingerprint density at radius 2 is 2.19 bits per heavy atom. The van der Waals surface area contributed by atoms with Gasteiger partial charge in [-0.05, 0) is 24.6 Å². The number of pyridine rings is 1. The van der Waals surface area contributed by atoms with Crippen molar-refractivity contribution >= 4 is 5.69 Å². The van der Waals surface area contributed by atoms with Crippen LogP contribution in [-0.4, -0.2) is 61.9 Å². The summed E-state index contributed by atoms with van der Waals surface area (Å²) in [7, 11) is 0. The molecule has 1 aromatic rings. The quantitative estimate of drug-likeness (QED) is 0.879. The van der Waals surface area contributed by atoms with E-state index in [0.717, 1.165) is 52.5 Å². The Bertz CT molecular complexity index is 448. The smallest absolute Gasteiger partial charge is 0.0598 e. The zero-order valence-electron chi connectivity index (χ0n) is 12.9. The first-order chi connectivity index (χ1) is 10.4. The molecule has 116 valence electrons. The minimum Gasteiger partial charge on any atom is -0.379 e. The summed E-state index contributed by atoms with van der Waals surface area (Å²) < 4.78 is 5.46. The van der Waals surface area contributed by atoms with E-state index in [2.05, 4.69) is 33.1 Å². The van der Waals surface area contributed by atoms with E-state index in [-0.39, 0.29) is 0 Å². The molecule has 0 amide bonds. The molecular weight excluding hydrogens is 264 g/mol. The highest BCUT2D eigenvalue weighted by molar-refractivity contribution is 5.52.